The Morgan fingerprint density at radius 2 is 2.07 bits per heavy atom. The molecule has 30 heavy (non-hydrogen) atoms. The maximum atomic E-state index is 11.8. The lowest BCUT2D eigenvalue weighted by Crippen LogP contribution is -2.28. The molecule has 3 aromatic heterocycles. The van der Waals surface area contributed by atoms with Crippen molar-refractivity contribution in [3.8, 4) is 11.5 Å². The monoisotopic (exact) mass is 417 g/mol. The number of aromatic carboxylic acids is 1. The summed E-state index contributed by atoms with van der Waals surface area (Å²) < 4.78 is 14.1. The van der Waals surface area contributed by atoms with Gasteiger partial charge in [0.15, 0.2) is 11.7 Å². The first kappa shape index (κ1) is 21.2. The summed E-state index contributed by atoms with van der Waals surface area (Å²) in [5.41, 5.74) is 0.706. The number of carbonyl (C=O) groups is 2. The molecule has 12 nitrogen and oxygen atoms in total. The van der Waals surface area contributed by atoms with Gasteiger partial charge >= 0.3 is 5.97 Å². The van der Waals surface area contributed by atoms with Crippen LogP contribution in [-0.2, 0) is 29.0 Å². The molecule has 0 aliphatic rings. The summed E-state index contributed by atoms with van der Waals surface area (Å²) >= 11 is 0. The van der Waals surface area contributed by atoms with Gasteiger partial charge < -0.3 is 19.6 Å². The van der Waals surface area contributed by atoms with E-state index in [0.29, 0.717) is 56.6 Å². The van der Waals surface area contributed by atoms with E-state index in [2.05, 4.69) is 25.7 Å². The topological polar surface area (TPSA) is 150 Å². The fourth-order valence-electron chi connectivity index (χ4n) is 2.54. The minimum atomic E-state index is -1.05. The zero-order chi connectivity index (χ0) is 21.3. The Morgan fingerprint density at radius 3 is 2.80 bits per heavy atom. The first-order valence-corrected chi connectivity index (χ1v) is 9.50. The highest BCUT2D eigenvalue weighted by Crippen LogP contribution is 2.17. The molecule has 1 amide bonds. The van der Waals surface area contributed by atoms with Crippen LogP contribution in [0.2, 0.25) is 0 Å². The average Bonchev–Trinajstić information content (AvgIpc) is 3.49. The van der Waals surface area contributed by atoms with Crippen molar-refractivity contribution in [1.29, 1.82) is 0 Å². The quantitative estimate of drug-likeness (QED) is 0.404. The van der Waals surface area contributed by atoms with Crippen LogP contribution < -0.4 is 5.32 Å². The van der Waals surface area contributed by atoms with Gasteiger partial charge in [0.2, 0.25) is 5.91 Å². The number of rotatable bonds is 12. The number of nitrogens with zero attached hydrogens (tertiary/aromatic N) is 6. The summed E-state index contributed by atoms with van der Waals surface area (Å²) in [7, 11) is 0. The minimum absolute atomic E-state index is 0.0925. The third-order valence-electron chi connectivity index (χ3n) is 4.13. The van der Waals surface area contributed by atoms with Gasteiger partial charge in [-0.2, -0.15) is 5.10 Å². The van der Waals surface area contributed by atoms with Crippen molar-refractivity contribution in [3.05, 3.63) is 36.2 Å². The van der Waals surface area contributed by atoms with E-state index in [1.54, 1.807) is 17.1 Å². The largest absolute Gasteiger partial charge is 0.478 e. The molecule has 2 N–H and O–H groups in total. The first-order valence-electron chi connectivity index (χ1n) is 9.50. The Labute approximate surface area is 171 Å². The second-order valence-electron chi connectivity index (χ2n) is 6.35. The second kappa shape index (κ2) is 10.3. The normalized spacial score (nSPS) is 11.0. The number of amides is 1. The molecule has 0 bridgehead atoms. The molecule has 0 fully saturated rings. The Kier molecular flexibility index (Phi) is 7.27. The highest BCUT2D eigenvalue weighted by atomic mass is 16.5. The lowest BCUT2D eigenvalue weighted by Gasteiger charge is -2.06. The van der Waals surface area contributed by atoms with Gasteiger partial charge in [0.1, 0.15) is 5.69 Å². The fraction of sp³-hybridized carbons (Fsp3) is 0.444. The van der Waals surface area contributed by atoms with Crippen molar-refractivity contribution in [3.63, 3.8) is 0 Å². The van der Waals surface area contributed by atoms with Crippen LogP contribution in [0.25, 0.3) is 11.5 Å². The maximum Gasteiger partial charge on any atom is 0.338 e. The van der Waals surface area contributed by atoms with E-state index in [1.807, 2.05) is 6.92 Å². The number of carboxylic acids is 1. The highest BCUT2D eigenvalue weighted by Gasteiger charge is 2.10. The Morgan fingerprint density at radius 1 is 1.20 bits per heavy atom. The number of hydrogen-bond acceptors (Lipinski definition) is 8. The predicted molar refractivity (Wildman–Crippen MR) is 103 cm³/mol. The molecular formula is C18H23N7O5. The Bertz CT molecular complexity index is 977. The Hall–Kier alpha value is -3.54. The molecule has 0 saturated carbocycles. The molecule has 0 unspecified atom stereocenters. The summed E-state index contributed by atoms with van der Waals surface area (Å²) in [5.74, 6) is 0.0227. The molecule has 0 aliphatic carbocycles. The number of oxazole rings is 1. The van der Waals surface area contributed by atoms with Crippen LogP contribution in [0.15, 0.2) is 29.2 Å². The van der Waals surface area contributed by atoms with Crippen LogP contribution in [-0.4, -0.2) is 66.5 Å². The van der Waals surface area contributed by atoms with E-state index in [9.17, 15) is 9.59 Å². The van der Waals surface area contributed by atoms with E-state index in [0.717, 1.165) is 0 Å². The predicted octanol–water partition coefficient (Wildman–Crippen LogP) is 0.613. The van der Waals surface area contributed by atoms with Crippen LogP contribution in [0.3, 0.4) is 0 Å². The van der Waals surface area contributed by atoms with Gasteiger partial charge in [0.05, 0.1) is 43.9 Å². The lowest BCUT2D eigenvalue weighted by atomic mass is 10.3. The molecule has 0 atom stereocenters. The molecule has 0 saturated heterocycles. The van der Waals surface area contributed by atoms with E-state index in [4.69, 9.17) is 14.3 Å². The zero-order valence-corrected chi connectivity index (χ0v) is 16.5. The van der Waals surface area contributed by atoms with Gasteiger partial charge in [-0.15, -0.1) is 5.10 Å². The maximum absolute atomic E-state index is 11.8. The van der Waals surface area contributed by atoms with Crippen molar-refractivity contribution < 1.29 is 23.8 Å². The van der Waals surface area contributed by atoms with E-state index in [-0.39, 0.29) is 17.9 Å². The van der Waals surface area contributed by atoms with Crippen molar-refractivity contribution in [1.82, 2.24) is 35.1 Å². The van der Waals surface area contributed by atoms with Gasteiger partial charge in [-0.3, -0.25) is 9.48 Å². The molecule has 3 heterocycles. The smallest absolute Gasteiger partial charge is 0.338 e. The third kappa shape index (κ3) is 5.98. The van der Waals surface area contributed by atoms with Gasteiger partial charge in [-0.25, -0.2) is 14.5 Å². The molecule has 0 aromatic carbocycles. The number of aryl methyl sites for hydroxylation is 2. The molecule has 12 heteroatoms. The molecule has 0 spiro atoms. The number of ether oxygens (including phenoxy) is 1. The van der Waals surface area contributed by atoms with Gasteiger partial charge in [0, 0.05) is 32.1 Å². The van der Waals surface area contributed by atoms with Crippen molar-refractivity contribution in [2.45, 2.75) is 32.9 Å². The number of nitrogens with one attached hydrogen (secondary N) is 1. The van der Waals surface area contributed by atoms with E-state index in [1.165, 1.54) is 17.1 Å². The average molecular weight is 417 g/mol. The van der Waals surface area contributed by atoms with Crippen molar-refractivity contribution >= 4 is 11.9 Å². The summed E-state index contributed by atoms with van der Waals surface area (Å²) in [4.78, 5) is 26.7. The van der Waals surface area contributed by atoms with Gasteiger partial charge in [-0.05, 0) is 0 Å². The van der Waals surface area contributed by atoms with E-state index < -0.39 is 5.97 Å². The number of hydrogen-bond donors (Lipinski definition) is 2. The molecule has 0 aliphatic heterocycles. The SMILES string of the molecule is CCc1ncc(-c2cn(CCOCCNC(=O)CCn3cc(C(=O)O)cn3)nn2)o1. The summed E-state index contributed by atoms with van der Waals surface area (Å²) in [6.07, 6.45) is 6.94. The van der Waals surface area contributed by atoms with Crippen LogP contribution in [0.5, 0.6) is 0 Å². The number of carboxylic acid groups (broad SMARTS) is 1. The molecule has 3 aromatic rings. The Balaban J connectivity index is 1.27. The third-order valence-corrected chi connectivity index (χ3v) is 4.13. The van der Waals surface area contributed by atoms with Crippen molar-refractivity contribution in [2.75, 3.05) is 19.8 Å². The fourth-order valence-corrected chi connectivity index (χ4v) is 2.54. The highest BCUT2D eigenvalue weighted by molar-refractivity contribution is 5.86. The van der Waals surface area contributed by atoms with Crippen LogP contribution in [0.4, 0.5) is 0 Å². The second-order valence-corrected chi connectivity index (χ2v) is 6.35. The zero-order valence-electron chi connectivity index (χ0n) is 16.5. The summed E-state index contributed by atoms with van der Waals surface area (Å²) in [6, 6.07) is 0. The van der Waals surface area contributed by atoms with Crippen LogP contribution in [0, 0.1) is 0 Å². The summed E-state index contributed by atoms with van der Waals surface area (Å²) in [5, 5.41) is 23.5. The number of aromatic nitrogens is 6. The summed E-state index contributed by atoms with van der Waals surface area (Å²) in [6.45, 7) is 3.93. The van der Waals surface area contributed by atoms with E-state index >= 15 is 0 Å². The standard InChI is InChI=1S/C18H23N7O5/c1-2-17-20-10-15(30-17)14-12-25(23-22-14)6-8-29-7-4-19-16(26)3-5-24-11-13(9-21-24)18(27)28/h9-12H,2-8H2,1H3,(H,19,26)(H,27,28). The molecule has 3 rings (SSSR count). The molecule has 160 valence electrons. The number of carbonyl (C=O) groups excluding carboxylic acids is 1. The van der Waals surface area contributed by atoms with Crippen molar-refractivity contribution in [2.24, 2.45) is 0 Å². The van der Waals surface area contributed by atoms with Gasteiger partial charge in [-0.1, -0.05) is 12.1 Å². The first-order chi connectivity index (χ1) is 14.5. The molecular weight excluding hydrogens is 394 g/mol. The lowest BCUT2D eigenvalue weighted by molar-refractivity contribution is -0.121. The molecule has 0 radical (unpaired) electrons. The van der Waals surface area contributed by atoms with Gasteiger partial charge in [0.25, 0.3) is 0 Å². The van der Waals surface area contributed by atoms with Crippen LogP contribution in [0.1, 0.15) is 29.6 Å². The van der Waals surface area contributed by atoms with Crippen LogP contribution >= 0.6 is 0 Å². The minimum Gasteiger partial charge on any atom is -0.478 e.